The van der Waals surface area contributed by atoms with Crippen LogP contribution in [0, 0.1) is 31.6 Å². The second-order valence-electron chi connectivity index (χ2n) is 13.9. The fraction of sp³-hybridized carbons (Fsp3) is 0.442. The van der Waals surface area contributed by atoms with Crippen LogP contribution in [0.15, 0.2) is 77.9 Å². The maximum Gasteiger partial charge on any atom is 0.338 e. The van der Waals surface area contributed by atoms with Gasteiger partial charge in [-0.15, -0.1) is 0 Å². The molecule has 0 aliphatic carbocycles. The van der Waals surface area contributed by atoms with Crippen LogP contribution in [0.5, 0.6) is 0 Å². The number of amides is 1. The molecule has 16 nitrogen and oxygen atoms in total. The number of aliphatic hydroxyl groups is 1. The zero-order valence-corrected chi connectivity index (χ0v) is 43.3. The fourth-order valence-electron chi connectivity index (χ4n) is 6.46. The van der Waals surface area contributed by atoms with Crippen LogP contribution in [-0.2, 0) is 141 Å². The Kier molecular flexibility index (Phi) is 32.5. The molecule has 1 amide bonds. The van der Waals surface area contributed by atoms with Crippen molar-refractivity contribution in [3.8, 4) is 0 Å². The minimum Gasteiger partial charge on any atom is -0.459 e. The van der Waals surface area contributed by atoms with Gasteiger partial charge in [0, 0.05) is 145 Å². The molecule has 62 heavy (non-hydrogen) atoms. The third-order valence-corrected chi connectivity index (χ3v) is 9.40. The summed E-state index contributed by atoms with van der Waals surface area (Å²) in [5.41, 5.74) is 18.3. The number of carbonyl (C=O) groups is 3. The van der Waals surface area contributed by atoms with E-state index in [1.165, 1.54) is 0 Å². The second kappa shape index (κ2) is 32.5. The Labute approximate surface area is 440 Å². The maximum atomic E-state index is 12.2. The number of carbonyl (C=O) groups excluding carboxylic acids is 3. The molecule has 329 valence electrons. The summed E-state index contributed by atoms with van der Waals surface area (Å²) < 4.78 is 26.9. The number of fused-ring (bicyclic) bond motifs is 1. The molecule has 4 heterocycles. The Morgan fingerprint density at radius 3 is 1.63 bits per heavy atom. The Balaban J connectivity index is 0. The van der Waals surface area contributed by atoms with E-state index in [4.69, 9.17) is 50.8 Å². The standard InChI is InChI=1S/C14H16N3O3.C14H18NO3.C8H7NO.C6H11O2.CH4.N2.3Y/c1-9-7-13(10(2)19-9)20-14(18)12-6-4-3-5-11(12)8-16-17-15;1-9-7-13(10(2)17-9)18-14(16)12-6-4-3-5-11(12)8-15;10-8-7-4-2-1-3-6(7)5-9-8;1-4-3-6(7)5(2)8-4;;1-2;;;/h3-6,9-10,13H,2,7-8H2,1H3;3-6,9-10,13H,2,7-8,15H2,1H3;1-4H,5H2,(H,9,10);4-7H,2-3H2,1H3;1H4;;;;/q2*-1;;-1;;;;;/t2*9-,10+,13+;;4-,5+,6+;;;;;/m00.0...../s1. The van der Waals surface area contributed by atoms with Gasteiger partial charge in [0.2, 0.25) is 0 Å². The molecular weight excluding hydrogens is 1030 g/mol. The molecule has 7 rings (SSSR count). The number of aliphatic hydroxyl groups excluding tert-OH is 1. The van der Waals surface area contributed by atoms with Crippen LogP contribution < -0.4 is 11.1 Å². The molecule has 4 aliphatic rings. The number of hydrogen-bond acceptors (Lipinski definition) is 13. The van der Waals surface area contributed by atoms with Crippen molar-refractivity contribution >= 4 is 17.8 Å². The normalized spacial score (nSPS) is 24.5. The van der Waals surface area contributed by atoms with Gasteiger partial charge in [-0.2, -0.15) is 0 Å². The van der Waals surface area contributed by atoms with Gasteiger partial charge in [0.05, 0.1) is 42.1 Å². The molecule has 0 spiro atoms. The third-order valence-electron chi connectivity index (χ3n) is 9.40. The average molecular weight is 1080 g/mol. The topological polar surface area (TPSA) is 252 Å². The minimum atomic E-state index is -0.440. The maximum absolute atomic E-state index is 12.2. The molecule has 3 aromatic rings. The van der Waals surface area contributed by atoms with Gasteiger partial charge in [-0.25, -0.2) is 9.59 Å². The van der Waals surface area contributed by atoms with Crippen molar-refractivity contribution < 1.29 is 141 Å². The molecule has 9 atom stereocenters. The van der Waals surface area contributed by atoms with Crippen molar-refractivity contribution in [3.05, 3.63) is 137 Å². The van der Waals surface area contributed by atoms with Crippen LogP contribution in [0.25, 0.3) is 10.4 Å². The van der Waals surface area contributed by atoms with Gasteiger partial charge in [0.1, 0.15) is 12.2 Å². The van der Waals surface area contributed by atoms with E-state index in [0.29, 0.717) is 42.6 Å². The summed E-state index contributed by atoms with van der Waals surface area (Å²) in [4.78, 5) is 37.9. The molecule has 0 aromatic heterocycles. The zero-order valence-electron chi connectivity index (χ0n) is 34.7. The van der Waals surface area contributed by atoms with E-state index in [9.17, 15) is 14.4 Å². The monoisotopic (exact) mass is 1080 g/mol. The molecule has 19 heteroatoms. The van der Waals surface area contributed by atoms with Crippen molar-refractivity contribution in [2.75, 3.05) is 0 Å². The SMILES string of the molecule is C.N#N.O=C1NCc2ccccc21.[CH2-][C@H]1O[C@@H](C)C[C@H]1O.[CH2-][C@H]1O[C@@H](C)C[C@H]1OC(=O)c1ccccc1CN.[CH2-][C@H]1O[C@@H](C)C[C@H]1OC(=O)c1ccccc1CN=[N+]=[N-].[Y].[Y].[Y]. The Hall–Kier alpha value is -2.09. The van der Waals surface area contributed by atoms with Crippen molar-refractivity contribution in [2.24, 2.45) is 10.8 Å². The molecule has 4 aliphatic heterocycles. The number of hydrogen-bond donors (Lipinski definition) is 3. The van der Waals surface area contributed by atoms with Gasteiger partial charge in [-0.3, -0.25) is 4.79 Å². The van der Waals surface area contributed by atoms with Gasteiger partial charge in [-0.1, -0.05) is 67.1 Å². The van der Waals surface area contributed by atoms with E-state index in [1.807, 2.05) is 57.2 Å². The van der Waals surface area contributed by atoms with E-state index in [2.05, 4.69) is 36.1 Å². The van der Waals surface area contributed by atoms with Crippen LogP contribution in [0.3, 0.4) is 0 Å². The summed E-state index contributed by atoms with van der Waals surface area (Å²) >= 11 is 0. The predicted octanol–water partition coefficient (Wildman–Crippen LogP) is 6.66. The van der Waals surface area contributed by atoms with Gasteiger partial charge < -0.3 is 60.6 Å². The Morgan fingerprint density at radius 1 is 0.790 bits per heavy atom. The summed E-state index contributed by atoms with van der Waals surface area (Å²) in [6.07, 6.45) is 0.541. The van der Waals surface area contributed by atoms with Crippen LogP contribution in [-0.4, -0.2) is 77.9 Å². The third kappa shape index (κ3) is 19.6. The first-order chi connectivity index (χ1) is 27.8. The molecule has 0 bridgehead atoms. The largest absolute Gasteiger partial charge is 0.459 e. The van der Waals surface area contributed by atoms with E-state index in [0.717, 1.165) is 23.1 Å². The number of rotatable bonds is 7. The first-order valence-corrected chi connectivity index (χ1v) is 18.8. The van der Waals surface area contributed by atoms with E-state index in [-0.39, 0.29) is 179 Å². The molecule has 4 N–H and O–H groups in total. The van der Waals surface area contributed by atoms with Crippen molar-refractivity contribution in [1.82, 2.24) is 5.32 Å². The van der Waals surface area contributed by atoms with Gasteiger partial charge in [0.25, 0.3) is 5.91 Å². The molecule has 3 saturated heterocycles. The summed E-state index contributed by atoms with van der Waals surface area (Å²) in [6.45, 7) is 18.2. The number of benzene rings is 3. The van der Waals surface area contributed by atoms with Crippen LogP contribution in [0.1, 0.15) is 95.2 Å². The predicted molar refractivity (Wildman–Crippen MR) is 219 cm³/mol. The average Bonchev–Trinajstić information content (AvgIpc) is 3.95. The van der Waals surface area contributed by atoms with E-state index in [1.54, 1.807) is 36.4 Å². The number of azide groups is 1. The molecule has 3 aromatic carbocycles. The second-order valence-corrected chi connectivity index (χ2v) is 13.9. The van der Waals surface area contributed by atoms with Crippen LogP contribution >= 0.6 is 0 Å². The van der Waals surface area contributed by atoms with Crippen LogP contribution in [0.4, 0.5) is 0 Å². The molecule has 3 fully saturated rings. The zero-order chi connectivity index (χ0) is 42.8. The molecule has 3 radical (unpaired) electrons. The summed E-state index contributed by atoms with van der Waals surface area (Å²) in [5, 5.41) is 27.2. The van der Waals surface area contributed by atoms with Gasteiger partial charge in [-0.05, 0) is 85.9 Å². The van der Waals surface area contributed by atoms with Crippen molar-refractivity contribution in [3.63, 3.8) is 0 Å². The van der Waals surface area contributed by atoms with E-state index < -0.39 is 5.97 Å². The fourth-order valence-corrected chi connectivity index (χ4v) is 6.46. The summed E-state index contributed by atoms with van der Waals surface area (Å²) in [6, 6.07) is 21.7. The Morgan fingerprint density at radius 2 is 1.23 bits per heavy atom. The number of nitrogens with two attached hydrogens (primary N) is 1. The smallest absolute Gasteiger partial charge is 0.338 e. The molecule has 0 saturated carbocycles. The van der Waals surface area contributed by atoms with Gasteiger partial charge >= 0.3 is 11.9 Å². The molecular formula is C43H56N7O9Y3-3. The van der Waals surface area contributed by atoms with Gasteiger partial charge in [0.15, 0.2) is 0 Å². The number of ether oxygens (including phenoxy) is 5. The van der Waals surface area contributed by atoms with Crippen molar-refractivity contribution in [1.29, 1.82) is 10.8 Å². The number of nitrogens with one attached hydrogen (secondary N) is 1. The quantitative estimate of drug-likeness (QED) is 0.0561. The summed E-state index contributed by atoms with van der Waals surface area (Å²) in [7, 11) is 0. The van der Waals surface area contributed by atoms with Crippen molar-refractivity contribution in [2.45, 2.75) is 122 Å². The molecule has 0 unspecified atom stereocenters. The number of nitrogens with zero attached hydrogens (tertiary/aromatic N) is 5. The minimum absolute atomic E-state index is 0. The first kappa shape index (κ1) is 62.0. The first-order valence-electron chi connectivity index (χ1n) is 18.8. The van der Waals surface area contributed by atoms with E-state index >= 15 is 0 Å². The van der Waals surface area contributed by atoms with Crippen LogP contribution in [0.2, 0.25) is 0 Å². The Bertz CT molecular complexity index is 1880. The number of esters is 2. The summed E-state index contributed by atoms with van der Waals surface area (Å²) in [5.74, 6) is -0.743.